The van der Waals surface area contributed by atoms with E-state index in [1.807, 2.05) is 13.8 Å². The Kier molecular flexibility index (Phi) is 6.40. The van der Waals surface area contributed by atoms with Crippen LogP contribution in [0.3, 0.4) is 0 Å². The second-order valence-electron chi connectivity index (χ2n) is 5.77. The molecule has 0 fully saturated rings. The van der Waals surface area contributed by atoms with Crippen LogP contribution in [0, 0.1) is 6.92 Å². The lowest BCUT2D eigenvalue weighted by molar-refractivity contribution is -0.147. The van der Waals surface area contributed by atoms with Crippen LogP contribution in [0.15, 0.2) is 24.3 Å². The summed E-state index contributed by atoms with van der Waals surface area (Å²) in [5.41, 5.74) is 1.26. The Morgan fingerprint density at radius 3 is 2.38 bits per heavy atom. The molecule has 4 heteroatoms. The zero-order valence-corrected chi connectivity index (χ0v) is 13.1. The van der Waals surface area contributed by atoms with Gasteiger partial charge in [0.1, 0.15) is 5.54 Å². The van der Waals surface area contributed by atoms with E-state index in [0.29, 0.717) is 19.3 Å². The molecule has 0 heterocycles. The molecule has 0 spiro atoms. The van der Waals surface area contributed by atoms with Gasteiger partial charge in [0.25, 0.3) is 0 Å². The highest BCUT2D eigenvalue weighted by atomic mass is 16.4. The molecule has 0 aliphatic carbocycles. The van der Waals surface area contributed by atoms with Crippen LogP contribution in [0.1, 0.15) is 50.7 Å². The summed E-state index contributed by atoms with van der Waals surface area (Å²) in [5.74, 6) is -1.17. The quantitative estimate of drug-likeness (QED) is 0.773. The van der Waals surface area contributed by atoms with Gasteiger partial charge in [0.05, 0.1) is 0 Å². The molecule has 0 saturated heterocycles. The number of nitrogens with one attached hydrogen (secondary N) is 1. The molecule has 2 N–H and O–H groups in total. The molecule has 0 saturated carbocycles. The molecule has 1 aromatic rings. The molecule has 0 bridgehead atoms. The fourth-order valence-electron chi connectivity index (χ4n) is 2.30. The molecule has 1 unspecified atom stereocenters. The first-order valence-corrected chi connectivity index (χ1v) is 7.47. The fraction of sp³-hybridized carbons (Fsp3) is 0.529. The number of carboxylic acids is 1. The Balaban J connectivity index is 2.43. The molecule has 1 atom stereocenters. The molecule has 0 aliphatic heterocycles. The molecule has 4 nitrogen and oxygen atoms in total. The molecule has 0 aliphatic rings. The van der Waals surface area contributed by atoms with Crippen LogP contribution < -0.4 is 5.32 Å². The number of carbonyl (C=O) groups is 2. The van der Waals surface area contributed by atoms with Crippen LogP contribution >= 0.6 is 0 Å². The van der Waals surface area contributed by atoms with Crippen molar-refractivity contribution in [3.8, 4) is 0 Å². The van der Waals surface area contributed by atoms with E-state index in [9.17, 15) is 14.7 Å². The Morgan fingerprint density at radius 1 is 1.24 bits per heavy atom. The maximum Gasteiger partial charge on any atom is 0.329 e. The summed E-state index contributed by atoms with van der Waals surface area (Å²) < 4.78 is 0. The van der Waals surface area contributed by atoms with Gasteiger partial charge >= 0.3 is 5.97 Å². The average Bonchev–Trinajstić information content (AvgIpc) is 2.41. The Morgan fingerprint density at radius 2 is 1.86 bits per heavy atom. The van der Waals surface area contributed by atoms with Crippen molar-refractivity contribution in [1.82, 2.24) is 5.32 Å². The number of carbonyl (C=O) groups excluding carboxylic acids is 1. The third-order valence-corrected chi connectivity index (χ3v) is 3.63. The Hall–Kier alpha value is -1.84. The number of rotatable bonds is 8. The van der Waals surface area contributed by atoms with Crippen molar-refractivity contribution in [3.05, 3.63) is 35.4 Å². The SMILES string of the molecule is CCCC(C)(NC(=O)CCCc1ccc(C)cc1)C(=O)O. The number of hydrogen-bond donors (Lipinski definition) is 2. The summed E-state index contributed by atoms with van der Waals surface area (Å²) >= 11 is 0. The number of aliphatic carboxylic acids is 1. The molecule has 1 rings (SSSR count). The van der Waals surface area contributed by atoms with Gasteiger partial charge in [-0.3, -0.25) is 4.79 Å². The molecule has 0 aromatic heterocycles. The van der Waals surface area contributed by atoms with E-state index >= 15 is 0 Å². The largest absolute Gasteiger partial charge is 0.480 e. The van der Waals surface area contributed by atoms with Crippen molar-refractivity contribution in [1.29, 1.82) is 0 Å². The predicted octanol–water partition coefficient (Wildman–Crippen LogP) is 3.08. The third-order valence-electron chi connectivity index (χ3n) is 3.63. The Labute approximate surface area is 126 Å². The van der Waals surface area contributed by atoms with E-state index in [0.717, 1.165) is 12.8 Å². The smallest absolute Gasteiger partial charge is 0.329 e. The maximum absolute atomic E-state index is 11.9. The standard InChI is InChI=1S/C17H25NO3/c1-4-12-17(3,16(20)21)18-15(19)7-5-6-14-10-8-13(2)9-11-14/h8-11H,4-7,12H2,1-3H3,(H,18,19)(H,20,21). The van der Waals surface area contributed by atoms with Gasteiger partial charge < -0.3 is 10.4 Å². The summed E-state index contributed by atoms with van der Waals surface area (Å²) in [6, 6.07) is 8.23. The minimum absolute atomic E-state index is 0.194. The van der Waals surface area contributed by atoms with E-state index in [-0.39, 0.29) is 5.91 Å². The van der Waals surface area contributed by atoms with Crippen LogP contribution in [0.4, 0.5) is 0 Å². The van der Waals surface area contributed by atoms with Crippen molar-refractivity contribution in [2.75, 3.05) is 0 Å². The predicted molar refractivity (Wildman–Crippen MR) is 83.2 cm³/mol. The van der Waals surface area contributed by atoms with Gasteiger partial charge in [-0.25, -0.2) is 4.79 Å². The van der Waals surface area contributed by atoms with Gasteiger partial charge in [0.15, 0.2) is 0 Å². The lowest BCUT2D eigenvalue weighted by Gasteiger charge is -2.25. The molecule has 1 amide bonds. The topological polar surface area (TPSA) is 66.4 Å². The normalized spacial score (nSPS) is 13.5. The Bertz CT molecular complexity index is 481. The van der Waals surface area contributed by atoms with Gasteiger partial charge in [-0.2, -0.15) is 0 Å². The molecule has 0 radical (unpaired) electrons. The van der Waals surface area contributed by atoms with Crippen molar-refractivity contribution in [3.63, 3.8) is 0 Å². The summed E-state index contributed by atoms with van der Waals surface area (Å²) in [7, 11) is 0. The van der Waals surface area contributed by atoms with Crippen LogP contribution in [-0.4, -0.2) is 22.5 Å². The van der Waals surface area contributed by atoms with Crippen molar-refractivity contribution in [2.24, 2.45) is 0 Å². The highest BCUT2D eigenvalue weighted by Gasteiger charge is 2.33. The molecule has 21 heavy (non-hydrogen) atoms. The highest BCUT2D eigenvalue weighted by Crippen LogP contribution is 2.14. The van der Waals surface area contributed by atoms with Gasteiger partial charge in [-0.05, 0) is 38.7 Å². The minimum Gasteiger partial charge on any atom is -0.480 e. The second-order valence-corrected chi connectivity index (χ2v) is 5.77. The molecular formula is C17H25NO3. The number of carboxylic acid groups (broad SMARTS) is 1. The number of hydrogen-bond acceptors (Lipinski definition) is 2. The van der Waals surface area contributed by atoms with Crippen molar-refractivity contribution < 1.29 is 14.7 Å². The number of amides is 1. The first kappa shape index (κ1) is 17.2. The summed E-state index contributed by atoms with van der Waals surface area (Å²) in [6.45, 7) is 5.51. The van der Waals surface area contributed by atoms with Gasteiger partial charge in [0.2, 0.25) is 5.91 Å². The van der Waals surface area contributed by atoms with Gasteiger partial charge in [0, 0.05) is 6.42 Å². The van der Waals surface area contributed by atoms with E-state index in [2.05, 4.69) is 29.6 Å². The number of benzene rings is 1. The lowest BCUT2D eigenvalue weighted by Crippen LogP contribution is -2.52. The molecule has 1 aromatic carbocycles. The first-order chi connectivity index (χ1) is 9.87. The van der Waals surface area contributed by atoms with Gasteiger partial charge in [-0.1, -0.05) is 43.2 Å². The third kappa shape index (κ3) is 5.58. The second kappa shape index (κ2) is 7.81. The maximum atomic E-state index is 11.9. The fourth-order valence-corrected chi connectivity index (χ4v) is 2.30. The summed E-state index contributed by atoms with van der Waals surface area (Å²) in [4.78, 5) is 23.2. The minimum atomic E-state index is -1.16. The molecule has 116 valence electrons. The number of aryl methyl sites for hydroxylation is 2. The van der Waals surface area contributed by atoms with Gasteiger partial charge in [-0.15, -0.1) is 0 Å². The highest BCUT2D eigenvalue weighted by molar-refractivity contribution is 5.86. The van der Waals surface area contributed by atoms with Crippen LogP contribution in [0.25, 0.3) is 0 Å². The summed E-state index contributed by atoms with van der Waals surface area (Å²) in [5, 5.41) is 11.9. The first-order valence-electron chi connectivity index (χ1n) is 7.47. The van der Waals surface area contributed by atoms with E-state index in [1.165, 1.54) is 11.1 Å². The zero-order valence-electron chi connectivity index (χ0n) is 13.1. The zero-order chi connectivity index (χ0) is 15.9. The lowest BCUT2D eigenvalue weighted by atomic mass is 9.96. The monoisotopic (exact) mass is 291 g/mol. The average molecular weight is 291 g/mol. The van der Waals surface area contributed by atoms with E-state index in [4.69, 9.17) is 0 Å². The molecular weight excluding hydrogens is 266 g/mol. The van der Waals surface area contributed by atoms with E-state index < -0.39 is 11.5 Å². The van der Waals surface area contributed by atoms with Crippen LogP contribution in [0.2, 0.25) is 0 Å². The van der Waals surface area contributed by atoms with Crippen molar-refractivity contribution >= 4 is 11.9 Å². The van der Waals surface area contributed by atoms with Crippen molar-refractivity contribution in [2.45, 2.75) is 58.4 Å². The van der Waals surface area contributed by atoms with Crippen LogP contribution in [-0.2, 0) is 16.0 Å². The summed E-state index contributed by atoms with van der Waals surface area (Å²) in [6.07, 6.45) is 3.04. The van der Waals surface area contributed by atoms with E-state index in [1.54, 1.807) is 6.92 Å². The van der Waals surface area contributed by atoms with Crippen LogP contribution in [0.5, 0.6) is 0 Å².